The van der Waals surface area contributed by atoms with E-state index in [1.54, 1.807) is 12.1 Å². The molecule has 0 spiro atoms. The number of rotatable bonds is 2. The van der Waals surface area contributed by atoms with Gasteiger partial charge in [0.1, 0.15) is 0 Å². The summed E-state index contributed by atoms with van der Waals surface area (Å²) in [6, 6.07) is 5.61. The first kappa shape index (κ1) is 8.71. The molecular formula is C11H12N2O2. The monoisotopic (exact) mass is 204 g/mol. The van der Waals surface area contributed by atoms with Gasteiger partial charge in [-0.1, -0.05) is 0 Å². The lowest BCUT2D eigenvalue weighted by atomic mass is 10.1. The first-order chi connectivity index (χ1) is 7.24. The summed E-state index contributed by atoms with van der Waals surface area (Å²) in [6.07, 6.45) is 3.54. The minimum absolute atomic E-state index is 0.201. The normalized spacial score (nSPS) is 23.3. The standard InChI is InChI=1S/C11H12N2O2/c14-13(15)9-3-4-10-8(5-9)6-11(12-10)7-1-2-7/h3-5,7,11-12H,1-2,6H2. The summed E-state index contributed by atoms with van der Waals surface area (Å²) in [4.78, 5) is 10.3. The molecule has 4 nitrogen and oxygen atoms in total. The Hall–Kier alpha value is -1.58. The van der Waals surface area contributed by atoms with Crippen molar-refractivity contribution in [3.05, 3.63) is 33.9 Å². The van der Waals surface area contributed by atoms with E-state index in [1.807, 2.05) is 6.07 Å². The van der Waals surface area contributed by atoms with Gasteiger partial charge in [0.2, 0.25) is 0 Å². The molecule has 15 heavy (non-hydrogen) atoms. The van der Waals surface area contributed by atoms with Gasteiger partial charge in [-0.15, -0.1) is 0 Å². The van der Waals surface area contributed by atoms with Crippen molar-refractivity contribution in [3.8, 4) is 0 Å². The number of benzene rings is 1. The van der Waals surface area contributed by atoms with E-state index in [-0.39, 0.29) is 10.6 Å². The van der Waals surface area contributed by atoms with Crippen LogP contribution in [0.2, 0.25) is 0 Å². The molecule has 0 saturated heterocycles. The van der Waals surface area contributed by atoms with Crippen LogP contribution < -0.4 is 5.32 Å². The van der Waals surface area contributed by atoms with Gasteiger partial charge in [0.25, 0.3) is 5.69 Å². The van der Waals surface area contributed by atoms with Gasteiger partial charge in [-0.25, -0.2) is 0 Å². The summed E-state index contributed by atoms with van der Waals surface area (Å²) in [5, 5.41) is 14.1. The first-order valence-corrected chi connectivity index (χ1v) is 5.28. The van der Waals surface area contributed by atoms with Crippen LogP contribution in [0.3, 0.4) is 0 Å². The highest BCUT2D eigenvalue weighted by atomic mass is 16.6. The van der Waals surface area contributed by atoms with Crippen molar-refractivity contribution >= 4 is 11.4 Å². The number of anilines is 1. The number of hydrogen-bond donors (Lipinski definition) is 1. The molecule has 0 amide bonds. The van der Waals surface area contributed by atoms with Crippen molar-refractivity contribution < 1.29 is 4.92 Å². The maximum atomic E-state index is 10.6. The lowest BCUT2D eigenvalue weighted by Crippen LogP contribution is -2.17. The molecule has 1 N–H and O–H groups in total. The first-order valence-electron chi connectivity index (χ1n) is 5.28. The van der Waals surface area contributed by atoms with E-state index in [0.29, 0.717) is 6.04 Å². The molecule has 3 rings (SSSR count). The molecular weight excluding hydrogens is 192 g/mol. The Morgan fingerprint density at radius 2 is 2.20 bits per heavy atom. The molecule has 1 saturated carbocycles. The highest BCUT2D eigenvalue weighted by Gasteiger charge is 2.35. The van der Waals surface area contributed by atoms with E-state index in [4.69, 9.17) is 0 Å². The van der Waals surface area contributed by atoms with Crippen LogP contribution in [-0.4, -0.2) is 11.0 Å². The fourth-order valence-electron chi connectivity index (χ4n) is 2.27. The fourth-order valence-corrected chi connectivity index (χ4v) is 2.27. The second-order valence-electron chi connectivity index (χ2n) is 4.39. The van der Waals surface area contributed by atoms with Crippen LogP contribution in [0.25, 0.3) is 0 Å². The zero-order valence-corrected chi connectivity index (χ0v) is 8.27. The van der Waals surface area contributed by atoms with Crippen LogP contribution >= 0.6 is 0 Å². The molecule has 1 aromatic rings. The highest BCUT2D eigenvalue weighted by Crippen LogP contribution is 2.40. The number of nitrogens with one attached hydrogen (secondary N) is 1. The average molecular weight is 204 g/mol. The molecule has 0 radical (unpaired) electrons. The quantitative estimate of drug-likeness (QED) is 0.594. The SMILES string of the molecule is O=[N+]([O-])c1ccc2c(c1)CC(C1CC1)N2. The predicted molar refractivity (Wildman–Crippen MR) is 56.9 cm³/mol. The van der Waals surface area contributed by atoms with E-state index >= 15 is 0 Å². The largest absolute Gasteiger partial charge is 0.381 e. The summed E-state index contributed by atoms with van der Waals surface area (Å²) in [5.74, 6) is 0.788. The van der Waals surface area contributed by atoms with Crippen LogP contribution in [0.1, 0.15) is 18.4 Å². The van der Waals surface area contributed by atoms with E-state index in [2.05, 4.69) is 5.32 Å². The third-order valence-electron chi connectivity index (χ3n) is 3.27. The van der Waals surface area contributed by atoms with E-state index < -0.39 is 0 Å². The average Bonchev–Trinajstić information content (AvgIpc) is 2.97. The fraction of sp³-hybridized carbons (Fsp3) is 0.455. The summed E-state index contributed by atoms with van der Waals surface area (Å²) >= 11 is 0. The molecule has 0 aromatic heterocycles. The van der Waals surface area contributed by atoms with Crippen molar-refractivity contribution in [2.75, 3.05) is 5.32 Å². The summed E-state index contributed by atoms with van der Waals surface area (Å²) in [6.45, 7) is 0. The topological polar surface area (TPSA) is 55.2 Å². The lowest BCUT2D eigenvalue weighted by molar-refractivity contribution is -0.384. The van der Waals surface area contributed by atoms with Gasteiger partial charge in [-0.2, -0.15) is 0 Å². The van der Waals surface area contributed by atoms with Crippen molar-refractivity contribution in [1.82, 2.24) is 0 Å². The van der Waals surface area contributed by atoms with Gasteiger partial charge in [-0.05, 0) is 36.8 Å². The smallest absolute Gasteiger partial charge is 0.269 e. The van der Waals surface area contributed by atoms with Gasteiger partial charge < -0.3 is 5.32 Å². The molecule has 2 aliphatic rings. The number of nitro benzene ring substituents is 1. The Bertz CT molecular complexity index is 427. The molecule has 1 fully saturated rings. The van der Waals surface area contributed by atoms with E-state index in [0.717, 1.165) is 23.6 Å². The van der Waals surface area contributed by atoms with Crippen LogP contribution in [0.5, 0.6) is 0 Å². The van der Waals surface area contributed by atoms with Crippen LogP contribution in [0.15, 0.2) is 18.2 Å². The van der Waals surface area contributed by atoms with Gasteiger partial charge >= 0.3 is 0 Å². The summed E-state index contributed by atoms with van der Waals surface area (Å²) in [7, 11) is 0. The Kier molecular flexibility index (Phi) is 1.71. The van der Waals surface area contributed by atoms with Crippen molar-refractivity contribution in [2.45, 2.75) is 25.3 Å². The van der Waals surface area contributed by atoms with Crippen LogP contribution in [-0.2, 0) is 6.42 Å². The molecule has 1 aromatic carbocycles. The lowest BCUT2D eigenvalue weighted by Gasteiger charge is -2.07. The van der Waals surface area contributed by atoms with E-state index in [9.17, 15) is 10.1 Å². The summed E-state index contributed by atoms with van der Waals surface area (Å²) in [5.41, 5.74) is 2.38. The number of fused-ring (bicyclic) bond motifs is 1. The van der Waals surface area contributed by atoms with E-state index in [1.165, 1.54) is 12.8 Å². The number of nitrogens with zero attached hydrogens (tertiary/aromatic N) is 1. The van der Waals surface area contributed by atoms with Gasteiger partial charge in [0.05, 0.1) is 4.92 Å². The molecule has 1 heterocycles. The van der Waals surface area contributed by atoms with Crippen molar-refractivity contribution in [3.63, 3.8) is 0 Å². The maximum Gasteiger partial charge on any atom is 0.269 e. The molecule has 1 aliphatic carbocycles. The molecule has 1 unspecified atom stereocenters. The predicted octanol–water partition coefficient (Wildman–Crippen LogP) is 2.34. The van der Waals surface area contributed by atoms with Gasteiger partial charge in [0.15, 0.2) is 0 Å². The second-order valence-corrected chi connectivity index (χ2v) is 4.39. The molecule has 1 atom stereocenters. The number of non-ortho nitro benzene ring substituents is 1. The Labute approximate surface area is 87.4 Å². The van der Waals surface area contributed by atoms with Crippen LogP contribution in [0.4, 0.5) is 11.4 Å². The molecule has 0 bridgehead atoms. The highest BCUT2D eigenvalue weighted by molar-refractivity contribution is 5.60. The zero-order chi connectivity index (χ0) is 10.4. The Morgan fingerprint density at radius 3 is 2.87 bits per heavy atom. The second kappa shape index (κ2) is 2.95. The van der Waals surface area contributed by atoms with Crippen LogP contribution in [0, 0.1) is 16.0 Å². The van der Waals surface area contributed by atoms with Crippen molar-refractivity contribution in [2.24, 2.45) is 5.92 Å². The summed E-state index contributed by atoms with van der Waals surface area (Å²) < 4.78 is 0. The minimum Gasteiger partial charge on any atom is -0.381 e. The van der Waals surface area contributed by atoms with Crippen molar-refractivity contribution in [1.29, 1.82) is 0 Å². The Morgan fingerprint density at radius 1 is 1.40 bits per heavy atom. The third-order valence-corrected chi connectivity index (χ3v) is 3.27. The maximum absolute atomic E-state index is 10.6. The Balaban J connectivity index is 1.89. The third kappa shape index (κ3) is 1.46. The zero-order valence-electron chi connectivity index (χ0n) is 8.27. The minimum atomic E-state index is -0.329. The molecule has 4 heteroatoms. The number of nitro groups is 1. The van der Waals surface area contributed by atoms with Gasteiger partial charge in [0, 0.05) is 23.9 Å². The number of hydrogen-bond acceptors (Lipinski definition) is 3. The molecule has 1 aliphatic heterocycles. The van der Waals surface area contributed by atoms with Gasteiger partial charge in [-0.3, -0.25) is 10.1 Å². The molecule has 78 valence electrons.